The molecule has 0 spiro atoms. The Morgan fingerprint density at radius 2 is 2.24 bits per heavy atom. The van der Waals surface area contributed by atoms with Crippen LogP contribution in [0.3, 0.4) is 0 Å². The van der Waals surface area contributed by atoms with Gasteiger partial charge in [0.2, 0.25) is 0 Å². The number of nitrogens with zero attached hydrogens (tertiary/aromatic N) is 1. The van der Waals surface area contributed by atoms with E-state index < -0.39 is 12.4 Å². The molecule has 3 nitrogen and oxygen atoms in total. The van der Waals surface area contributed by atoms with Gasteiger partial charge in [-0.15, -0.1) is 0 Å². The molecule has 17 heavy (non-hydrogen) atoms. The minimum absolute atomic E-state index is 0.0365. The van der Waals surface area contributed by atoms with Crippen LogP contribution in [0.4, 0.5) is 8.78 Å². The normalized spacial score (nSPS) is 10.7. The zero-order valence-corrected chi connectivity index (χ0v) is 11.1. The molecule has 0 saturated heterocycles. The van der Waals surface area contributed by atoms with Crippen LogP contribution in [0.25, 0.3) is 0 Å². The van der Waals surface area contributed by atoms with Crippen LogP contribution < -0.4 is 0 Å². The third-order valence-electron chi connectivity index (χ3n) is 2.15. The molecule has 0 aliphatic rings. The molecular formula is C11H12BrF2NO2. The molecule has 0 unspecified atom stereocenters. The topological polar surface area (TPSA) is 39.2 Å². The lowest BCUT2D eigenvalue weighted by atomic mass is 10.1. The van der Waals surface area contributed by atoms with Crippen molar-refractivity contribution in [1.29, 1.82) is 0 Å². The van der Waals surface area contributed by atoms with Crippen molar-refractivity contribution < 1.29 is 18.3 Å². The monoisotopic (exact) mass is 307 g/mol. The maximum Gasteiger partial charge on any atom is 0.310 e. The number of esters is 1. The standard InChI is InChI=1S/C11H12BrF2NO2/c1-3-17-9(16)5-7-4-8(12)10(11(13)14)15-6(7)2/h4,11H,3,5H2,1-2H3. The predicted molar refractivity (Wildman–Crippen MR) is 62.0 cm³/mol. The van der Waals surface area contributed by atoms with Gasteiger partial charge < -0.3 is 4.74 Å². The molecule has 0 fully saturated rings. The van der Waals surface area contributed by atoms with Gasteiger partial charge in [0.15, 0.2) is 0 Å². The average Bonchev–Trinajstić information content (AvgIpc) is 2.22. The summed E-state index contributed by atoms with van der Waals surface area (Å²) in [7, 11) is 0. The summed E-state index contributed by atoms with van der Waals surface area (Å²) in [6.45, 7) is 3.59. The maximum absolute atomic E-state index is 12.5. The largest absolute Gasteiger partial charge is 0.466 e. The molecule has 0 radical (unpaired) electrons. The Morgan fingerprint density at radius 1 is 1.59 bits per heavy atom. The van der Waals surface area contributed by atoms with Crippen molar-refractivity contribution in [2.45, 2.75) is 26.7 Å². The van der Waals surface area contributed by atoms with Gasteiger partial charge in [0, 0.05) is 10.2 Å². The van der Waals surface area contributed by atoms with E-state index in [1.807, 2.05) is 0 Å². The molecule has 1 aromatic rings. The molecule has 6 heteroatoms. The molecule has 0 bridgehead atoms. The molecule has 0 N–H and O–H groups in total. The van der Waals surface area contributed by atoms with Crippen molar-refractivity contribution >= 4 is 21.9 Å². The van der Waals surface area contributed by atoms with E-state index in [0.717, 1.165) is 0 Å². The molecular weight excluding hydrogens is 296 g/mol. The molecule has 0 saturated carbocycles. The van der Waals surface area contributed by atoms with Gasteiger partial charge in [-0.3, -0.25) is 9.78 Å². The summed E-state index contributed by atoms with van der Waals surface area (Å²) in [5.74, 6) is -0.394. The first-order valence-corrected chi connectivity index (χ1v) is 5.84. The number of rotatable bonds is 4. The summed E-state index contributed by atoms with van der Waals surface area (Å²) < 4.78 is 30.1. The number of carbonyl (C=O) groups is 1. The number of hydrogen-bond donors (Lipinski definition) is 0. The first-order valence-electron chi connectivity index (χ1n) is 5.05. The lowest BCUT2D eigenvalue weighted by Crippen LogP contribution is -2.10. The van der Waals surface area contributed by atoms with Crippen LogP contribution in [0.5, 0.6) is 0 Å². The first kappa shape index (κ1) is 14.0. The van der Waals surface area contributed by atoms with E-state index in [9.17, 15) is 13.6 Å². The Balaban J connectivity index is 2.95. The highest BCUT2D eigenvalue weighted by Gasteiger charge is 2.17. The number of aromatic nitrogens is 1. The van der Waals surface area contributed by atoms with E-state index in [1.165, 1.54) is 6.07 Å². The van der Waals surface area contributed by atoms with Crippen molar-refractivity contribution in [3.63, 3.8) is 0 Å². The number of hydrogen-bond acceptors (Lipinski definition) is 3. The summed E-state index contributed by atoms with van der Waals surface area (Å²) in [5.41, 5.74) is 0.686. The second-order valence-electron chi connectivity index (χ2n) is 3.38. The number of carbonyl (C=O) groups excluding carboxylic acids is 1. The average molecular weight is 308 g/mol. The maximum atomic E-state index is 12.5. The summed E-state index contributed by atoms with van der Waals surface area (Å²) in [5, 5.41) is 0. The van der Waals surface area contributed by atoms with E-state index in [-0.39, 0.29) is 16.6 Å². The van der Waals surface area contributed by atoms with Crippen molar-refractivity contribution in [2.75, 3.05) is 6.61 Å². The Morgan fingerprint density at radius 3 is 2.76 bits per heavy atom. The second kappa shape index (κ2) is 6.05. The molecule has 0 aliphatic heterocycles. The molecule has 1 heterocycles. The minimum atomic E-state index is -2.64. The Hall–Kier alpha value is -1.04. The van der Waals surface area contributed by atoms with Gasteiger partial charge in [-0.2, -0.15) is 0 Å². The van der Waals surface area contributed by atoms with Gasteiger partial charge in [0.25, 0.3) is 6.43 Å². The lowest BCUT2D eigenvalue weighted by molar-refractivity contribution is -0.142. The fourth-order valence-electron chi connectivity index (χ4n) is 1.34. The van der Waals surface area contributed by atoms with Gasteiger partial charge >= 0.3 is 5.97 Å². The highest BCUT2D eigenvalue weighted by Crippen LogP contribution is 2.27. The summed E-state index contributed by atoms with van der Waals surface area (Å²) in [4.78, 5) is 15.1. The van der Waals surface area contributed by atoms with Crippen LogP contribution >= 0.6 is 15.9 Å². The van der Waals surface area contributed by atoms with Crippen molar-refractivity contribution in [3.05, 3.63) is 27.5 Å². The van der Waals surface area contributed by atoms with Crippen LogP contribution in [0.1, 0.15) is 30.3 Å². The molecule has 0 aromatic carbocycles. The van der Waals surface area contributed by atoms with Gasteiger partial charge in [-0.05, 0) is 41.4 Å². The Bertz CT molecular complexity index is 424. The summed E-state index contributed by atoms with van der Waals surface area (Å²) >= 11 is 3.02. The minimum Gasteiger partial charge on any atom is -0.466 e. The van der Waals surface area contributed by atoms with Gasteiger partial charge in [-0.25, -0.2) is 8.78 Å². The smallest absolute Gasteiger partial charge is 0.310 e. The first-order chi connectivity index (χ1) is 7.95. The third-order valence-corrected chi connectivity index (χ3v) is 2.78. The number of alkyl halides is 2. The number of pyridine rings is 1. The quantitative estimate of drug-likeness (QED) is 0.802. The van der Waals surface area contributed by atoms with Crippen LogP contribution in [0, 0.1) is 6.92 Å². The van der Waals surface area contributed by atoms with Crippen molar-refractivity contribution in [2.24, 2.45) is 0 Å². The van der Waals surface area contributed by atoms with E-state index in [2.05, 4.69) is 20.9 Å². The van der Waals surface area contributed by atoms with Crippen LogP contribution in [0.2, 0.25) is 0 Å². The van der Waals surface area contributed by atoms with E-state index in [4.69, 9.17) is 4.74 Å². The van der Waals surface area contributed by atoms with Crippen molar-refractivity contribution in [1.82, 2.24) is 4.98 Å². The van der Waals surface area contributed by atoms with E-state index >= 15 is 0 Å². The molecule has 1 aromatic heterocycles. The Kier molecular flexibility index (Phi) is 4.99. The molecule has 94 valence electrons. The number of aryl methyl sites for hydroxylation is 1. The fraction of sp³-hybridized carbons (Fsp3) is 0.455. The summed E-state index contributed by atoms with van der Waals surface area (Å²) in [6, 6.07) is 1.49. The number of halogens is 3. The third kappa shape index (κ3) is 3.73. The zero-order chi connectivity index (χ0) is 13.0. The van der Waals surface area contributed by atoms with Gasteiger partial charge in [0.1, 0.15) is 5.69 Å². The van der Waals surface area contributed by atoms with Crippen LogP contribution in [0.15, 0.2) is 10.5 Å². The van der Waals surface area contributed by atoms with E-state index in [0.29, 0.717) is 17.9 Å². The number of ether oxygens (including phenoxy) is 1. The van der Waals surface area contributed by atoms with Gasteiger partial charge in [-0.1, -0.05) is 0 Å². The zero-order valence-electron chi connectivity index (χ0n) is 9.47. The predicted octanol–water partition coefficient (Wildman–Crippen LogP) is 3.20. The highest BCUT2D eigenvalue weighted by molar-refractivity contribution is 9.10. The Labute approximate surface area is 106 Å². The van der Waals surface area contributed by atoms with E-state index in [1.54, 1.807) is 13.8 Å². The molecule has 0 amide bonds. The van der Waals surface area contributed by atoms with Crippen LogP contribution in [-0.2, 0) is 16.0 Å². The molecule has 1 rings (SSSR count). The second-order valence-corrected chi connectivity index (χ2v) is 4.24. The fourth-order valence-corrected chi connectivity index (χ4v) is 1.87. The van der Waals surface area contributed by atoms with Crippen LogP contribution in [-0.4, -0.2) is 17.6 Å². The van der Waals surface area contributed by atoms with Gasteiger partial charge in [0.05, 0.1) is 13.0 Å². The highest BCUT2D eigenvalue weighted by atomic mass is 79.9. The molecule has 0 aliphatic carbocycles. The lowest BCUT2D eigenvalue weighted by Gasteiger charge is -2.09. The summed E-state index contributed by atoms with van der Waals surface area (Å²) in [6.07, 6.45) is -2.60. The SMILES string of the molecule is CCOC(=O)Cc1cc(Br)c(C(F)F)nc1C. The molecule has 0 atom stereocenters. The van der Waals surface area contributed by atoms with Crippen molar-refractivity contribution in [3.8, 4) is 0 Å².